The number of nitrogens with zero attached hydrogens (tertiary/aromatic N) is 3. The lowest BCUT2D eigenvalue weighted by Crippen LogP contribution is -2.47. The van der Waals surface area contributed by atoms with Gasteiger partial charge >= 0.3 is 12.0 Å². The number of rotatable bonds is 5. The van der Waals surface area contributed by atoms with Crippen molar-refractivity contribution in [1.82, 2.24) is 20.4 Å². The number of likely N-dealkylation sites (tertiary alicyclic amines) is 1. The summed E-state index contributed by atoms with van der Waals surface area (Å²) < 4.78 is 5.19. The molecular formula is C17H19ClN4O4. The van der Waals surface area contributed by atoms with Crippen molar-refractivity contribution in [2.24, 2.45) is 5.92 Å². The molecule has 26 heavy (non-hydrogen) atoms. The maximum atomic E-state index is 12.2. The van der Waals surface area contributed by atoms with E-state index in [0.717, 1.165) is 5.56 Å². The van der Waals surface area contributed by atoms with Crippen LogP contribution in [0, 0.1) is 5.92 Å². The van der Waals surface area contributed by atoms with Crippen LogP contribution in [0.2, 0.25) is 5.02 Å². The monoisotopic (exact) mass is 378 g/mol. The molecule has 0 saturated carbocycles. The van der Waals surface area contributed by atoms with E-state index in [4.69, 9.17) is 21.2 Å². The molecule has 2 N–H and O–H groups in total. The van der Waals surface area contributed by atoms with E-state index in [0.29, 0.717) is 49.1 Å². The molecule has 1 aliphatic rings. The Hall–Kier alpha value is -2.61. The number of carboxylic acid groups (broad SMARTS) is 1. The van der Waals surface area contributed by atoms with Crippen molar-refractivity contribution >= 4 is 23.6 Å². The highest BCUT2D eigenvalue weighted by Crippen LogP contribution is 2.20. The Balaban J connectivity index is 1.49. The molecule has 0 aliphatic carbocycles. The maximum absolute atomic E-state index is 12.2. The first-order valence-electron chi connectivity index (χ1n) is 8.37. The van der Waals surface area contributed by atoms with E-state index in [1.807, 2.05) is 6.07 Å². The Kier molecular flexibility index (Phi) is 5.72. The van der Waals surface area contributed by atoms with Crippen LogP contribution in [-0.2, 0) is 11.2 Å². The summed E-state index contributed by atoms with van der Waals surface area (Å²) in [5.41, 5.74) is 0.754. The Morgan fingerprint density at radius 2 is 2.27 bits per heavy atom. The molecule has 1 fully saturated rings. The number of amides is 2. The van der Waals surface area contributed by atoms with Crippen molar-refractivity contribution in [1.29, 1.82) is 0 Å². The second kappa shape index (κ2) is 8.18. The van der Waals surface area contributed by atoms with E-state index in [1.54, 1.807) is 18.2 Å². The van der Waals surface area contributed by atoms with Crippen LogP contribution in [0.25, 0.3) is 11.4 Å². The van der Waals surface area contributed by atoms with E-state index in [2.05, 4.69) is 15.5 Å². The number of aliphatic carboxylic acids is 1. The van der Waals surface area contributed by atoms with Crippen molar-refractivity contribution in [2.75, 3.05) is 19.6 Å². The molecule has 2 aromatic rings. The highest BCUT2D eigenvalue weighted by molar-refractivity contribution is 6.30. The Bertz CT molecular complexity index is 795. The zero-order valence-electron chi connectivity index (χ0n) is 14.0. The molecule has 8 nitrogen and oxygen atoms in total. The van der Waals surface area contributed by atoms with E-state index < -0.39 is 11.9 Å². The average molecular weight is 379 g/mol. The van der Waals surface area contributed by atoms with Crippen LogP contribution in [0.15, 0.2) is 28.8 Å². The topological polar surface area (TPSA) is 109 Å². The van der Waals surface area contributed by atoms with Crippen molar-refractivity contribution in [3.63, 3.8) is 0 Å². The molecule has 1 saturated heterocycles. The van der Waals surface area contributed by atoms with Gasteiger partial charge in [-0.25, -0.2) is 4.79 Å². The van der Waals surface area contributed by atoms with Crippen LogP contribution in [0.5, 0.6) is 0 Å². The summed E-state index contributed by atoms with van der Waals surface area (Å²) in [7, 11) is 0. The van der Waals surface area contributed by atoms with Gasteiger partial charge in [-0.1, -0.05) is 28.9 Å². The number of piperidine rings is 1. The molecule has 0 bridgehead atoms. The van der Waals surface area contributed by atoms with Gasteiger partial charge in [-0.05, 0) is 25.0 Å². The van der Waals surface area contributed by atoms with Crippen molar-refractivity contribution in [2.45, 2.75) is 19.3 Å². The fraction of sp³-hybridized carbons (Fsp3) is 0.412. The molecule has 0 radical (unpaired) electrons. The number of urea groups is 1. The number of aromatic nitrogens is 2. The summed E-state index contributed by atoms with van der Waals surface area (Å²) in [6, 6.07) is 6.86. The number of carbonyl (C=O) groups excluding carboxylic acids is 1. The zero-order valence-corrected chi connectivity index (χ0v) is 14.8. The molecule has 1 aromatic carbocycles. The van der Waals surface area contributed by atoms with E-state index in [-0.39, 0.29) is 12.6 Å². The molecule has 1 aliphatic heterocycles. The minimum Gasteiger partial charge on any atom is -0.481 e. The van der Waals surface area contributed by atoms with E-state index in [1.165, 1.54) is 4.90 Å². The molecule has 0 spiro atoms. The first kappa shape index (κ1) is 18.2. The fourth-order valence-corrected chi connectivity index (χ4v) is 3.04. The lowest BCUT2D eigenvalue weighted by atomic mass is 9.99. The number of hydrogen-bond acceptors (Lipinski definition) is 5. The molecule has 138 valence electrons. The van der Waals surface area contributed by atoms with Crippen LogP contribution < -0.4 is 5.32 Å². The quantitative estimate of drug-likeness (QED) is 0.827. The molecular weight excluding hydrogens is 360 g/mol. The molecule has 1 unspecified atom stereocenters. The zero-order chi connectivity index (χ0) is 18.5. The Labute approximate surface area is 155 Å². The summed E-state index contributed by atoms with van der Waals surface area (Å²) in [5.74, 6) is -0.510. The lowest BCUT2D eigenvalue weighted by Gasteiger charge is -2.30. The summed E-state index contributed by atoms with van der Waals surface area (Å²) in [6.45, 7) is 1.12. The first-order valence-corrected chi connectivity index (χ1v) is 8.75. The summed E-state index contributed by atoms with van der Waals surface area (Å²) >= 11 is 5.95. The summed E-state index contributed by atoms with van der Waals surface area (Å²) in [6.07, 6.45) is 1.68. The second-order valence-corrected chi connectivity index (χ2v) is 6.56. The van der Waals surface area contributed by atoms with Gasteiger partial charge in [0.05, 0.1) is 5.92 Å². The number of halogens is 1. The van der Waals surface area contributed by atoms with Gasteiger partial charge in [-0.2, -0.15) is 4.98 Å². The number of nitrogens with one attached hydrogen (secondary N) is 1. The normalized spacial score (nSPS) is 17.1. The fourth-order valence-electron chi connectivity index (χ4n) is 2.85. The minimum absolute atomic E-state index is 0.237. The Morgan fingerprint density at radius 3 is 3.04 bits per heavy atom. The van der Waals surface area contributed by atoms with Gasteiger partial charge in [-0.3, -0.25) is 4.79 Å². The van der Waals surface area contributed by atoms with Gasteiger partial charge in [0.25, 0.3) is 0 Å². The highest BCUT2D eigenvalue weighted by atomic mass is 35.5. The van der Waals surface area contributed by atoms with Gasteiger partial charge in [0.2, 0.25) is 11.7 Å². The highest BCUT2D eigenvalue weighted by Gasteiger charge is 2.27. The third-order valence-corrected chi connectivity index (χ3v) is 4.46. The molecule has 2 heterocycles. The summed E-state index contributed by atoms with van der Waals surface area (Å²) in [4.78, 5) is 29.1. The van der Waals surface area contributed by atoms with E-state index >= 15 is 0 Å². The number of benzene rings is 1. The van der Waals surface area contributed by atoms with Crippen LogP contribution in [0.4, 0.5) is 4.79 Å². The largest absolute Gasteiger partial charge is 0.481 e. The van der Waals surface area contributed by atoms with Crippen LogP contribution >= 0.6 is 11.6 Å². The van der Waals surface area contributed by atoms with Gasteiger partial charge in [-0.15, -0.1) is 0 Å². The van der Waals surface area contributed by atoms with Crippen molar-refractivity contribution in [3.05, 3.63) is 35.2 Å². The molecule has 9 heteroatoms. The Morgan fingerprint density at radius 1 is 1.42 bits per heavy atom. The average Bonchev–Trinajstić information content (AvgIpc) is 3.10. The van der Waals surface area contributed by atoms with Gasteiger partial charge in [0.15, 0.2) is 0 Å². The third kappa shape index (κ3) is 4.51. The van der Waals surface area contributed by atoms with Crippen molar-refractivity contribution in [3.8, 4) is 11.4 Å². The van der Waals surface area contributed by atoms with Crippen LogP contribution in [0.1, 0.15) is 18.7 Å². The molecule has 1 aromatic heterocycles. The smallest absolute Gasteiger partial charge is 0.317 e. The molecule has 3 rings (SSSR count). The van der Waals surface area contributed by atoms with Crippen molar-refractivity contribution < 1.29 is 19.2 Å². The predicted octanol–water partition coefficient (Wildman–Crippen LogP) is 2.44. The summed E-state index contributed by atoms with van der Waals surface area (Å²) in [5, 5.41) is 16.3. The number of carbonyl (C=O) groups is 2. The predicted molar refractivity (Wildman–Crippen MR) is 93.8 cm³/mol. The number of hydrogen-bond donors (Lipinski definition) is 2. The maximum Gasteiger partial charge on any atom is 0.317 e. The van der Waals surface area contributed by atoms with Crippen LogP contribution in [-0.4, -0.2) is 51.8 Å². The number of carboxylic acids is 1. The van der Waals surface area contributed by atoms with Gasteiger partial charge in [0, 0.05) is 36.6 Å². The molecule has 2 amide bonds. The lowest BCUT2D eigenvalue weighted by molar-refractivity contribution is -0.143. The molecule has 1 atom stereocenters. The minimum atomic E-state index is -0.859. The third-order valence-electron chi connectivity index (χ3n) is 4.22. The second-order valence-electron chi connectivity index (χ2n) is 6.13. The SMILES string of the molecule is O=C(O)C1CCCN(C(=O)NCCc2nc(-c3cccc(Cl)c3)no2)C1. The van der Waals surface area contributed by atoms with Crippen LogP contribution in [0.3, 0.4) is 0 Å². The van der Waals surface area contributed by atoms with Gasteiger partial charge < -0.3 is 19.8 Å². The van der Waals surface area contributed by atoms with E-state index in [9.17, 15) is 9.59 Å². The standard InChI is InChI=1S/C17H19ClN4O4/c18-13-5-1-3-11(9-13)15-20-14(26-21-15)6-7-19-17(25)22-8-2-4-12(10-22)16(23)24/h1,3,5,9,12H,2,4,6-8,10H2,(H,19,25)(H,23,24). The first-order chi connectivity index (χ1) is 12.5. The van der Waals surface area contributed by atoms with Gasteiger partial charge in [0.1, 0.15) is 0 Å².